The van der Waals surface area contributed by atoms with Crippen molar-refractivity contribution in [1.29, 1.82) is 0 Å². The van der Waals surface area contributed by atoms with Crippen LogP contribution in [0.2, 0.25) is 5.02 Å². The molecule has 0 aliphatic rings. The average molecular weight is 387 g/mol. The van der Waals surface area contributed by atoms with E-state index in [9.17, 15) is 22.4 Å². The van der Waals surface area contributed by atoms with Crippen LogP contribution in [-0.2, 0) is 0 Å². The predicted molar refractivity (Wildman–Crippen MR) is 87.0 cm³/mol. The first kappa shape index (κ1) is 18.1. The number of aryl methyl sites for hydroxylation is 1. The summed E-state index contributed by atoms with van der Waals surface area (Å²) < 4.78 is 52.7. The van der Waals surface area contributed by atoms with E-state index >= 15 is 0 Å². The minimum Gasteiger partial charge on any atom is -0.320 e. The molecule has 10 heteroatoms. The quantitative estimate of drug-likeness (QED) is 0.654. The number of anilines is 1. The Morgan fingerprint density at radius 3 is 2.54 bits per heavy atom. The number of alkyl halides is 4. The molecule has 3 rings (SSSR count). The second-order valence-corrected chi connectivity index (χ2v) is 5.86. The van der Waals surface area contributed by atoms with Crippen LogP contribution in [0, 0.1) is 6.92 Å². The van der Waals surface area contributed by atoms with Crippen LogP contribution in [0.25, 0.3) is 5.65 Å². The third-order valence-electron chi connectivity index (χ3n) is 3.60. The second kappa shape index (κ2) is 6.91. The highest BCUT2D eigenvalue weighted by Crippen LogP contribution is 2.26. The number of fused-ring (bicyclic) bond motifs is 1. The van der Waals surface area contributed by atoms with Gasteiger partial charge in [0.05, 0.1) is 0 Å². The molecule has 5 nitrogen and oxygen atoms in total. The van der Waals surface area contributed by atoms with Gasteiger partial charge in [-0.15, -0.1) is 0 Å². The van der Waals surface area contributed by atoms with Crippen molar-refractivity contribution in [1.82, 2.24) is 14.6 Å². The van der Waals surface area contributed by atoms with Crippen molar-refractivity contribution in [3.8, 4) is 0 Å². The molecule has 0 fully saturated rings. The molecule has 0 bridgehead atoms. The number of amides is 1. The van der Waals surface area contributed by atoms with Crippen LogP contribution < -0.4 is 5.32 Å². The lowest BCUT2D eigenvalue weighted by molar-refractivity contribution is 0.102. The number of hydrogen-bond acceptors (Lipinski definition) is 3. The molecule has 2 heterocycles. The van der Waals surface area contributed by atoms with Gasteiger partial charge in [0, 0.05) is 16.8 Å². The van der Waals surface area contributed by atoms with E-state index in [0.29, 0.717) is 21.3 Å². The summed E-state index contributed by atoms with van der Waals surface area (Å²) in [6.07, 6.45) is -6.09. The monoisotopic (exact) mass is 386 g/mol. The van der Waals surface area contributed by atoms with Crippen LogP contribution in [-0.4, -0.2) is 20.5 Å². The number of aromatic nitrogens is 3. The maximum Gasteiger partial charge on any atom is 0.280 e. The Bertz CT molecular complexity index is 990. The fourth-order valence-electron chi connectivity index (χ4n) is 2.31. The van der Waals surface area contributed by atoms with Gasteiger partial charge in [0.25, 0.3) is 18.8 Å². The second-order valence-electron chi connectivity index (χ2n) is 5.42. The van der Waals surface area contributed by atoms with Gasteiger partial charge in [0.2, 0.25) is 0 Å². The van der Waals surface area contributed by atoms with Crippen molar-refractivity contribution >= 4 is 28.8 Å². The molecule has 0 aliphatic carbocycles. The molecule has 0 spiro atoms. The third kappa shape index (κ3) is 3.48. The summed E-state index contributed by atoms with van der Waals surface area (Å²) in [4.78, 5) is 15.9. The molecule has 1 amide bonds. The Kier molecular flexibility index (Phi) is 4.82. The minimum atomic E-state index is -3.07. The fourth-order valence-corrected chi connectivity index (χ4v) is 2.48. The van der Waals surface area contributed by atoms with Crippen LogP contribution in [0.3, 0.4) is 0 Å². The van der Waals surface area contributed by atoms with Crippen molar-refractivity contribution in [2.45, 2.75) is 19.8 Å². The molecule has 136 valence electrons. The molecular weight excluding hydrogens is 376 g/mol. The molecule has 0 aliphatic heterocycles. The van der Waals surface area contributed by atoms with Gasteiger partial charge in [-0.2, -0.15) is 5.10 Å². The van der Waals surface area contributed by atoms with E-state index < -0.39 is 30.1 Å². The van der Waals surface area contributed by atoms with Gasteiger partial charge >= 0.3 is 0 Å². The molecule has 3 aromatic rings. The number of nitrogens with one attached hydrogen (secondary N) is 1. The molecule has 0 saturated carbocycles. The Labute approximate surface area is 149 Å². The molecule has 26 heavy (non-hydrogen) atoms. The Morgan fingerprint density at radius 1 is 1.15 bits per heavy atom. The summed E-state index contributed by atoms with van der Waals surface area (Å²) in [5.74, 6) is -0.709. The van der Waals surface area contributed by atoms with Crippen molar-refractivity contribution in [2.75, 3.05) is 5.32 Å². The lowest BCUT2D eigenvalue weighted by Crippen LogP contribution is -2.14. The molecule has 0 atom stereocenters. The van der Waals surface area contributed by atoms with Crippen LogP contribution in [0.1, 0.15) is 40.3 Å². The number of hydrogen-bond donors (Lipinski definition) is 1. The maximum atomic E-state index is 13.1. The standard InChI is InChI=1S/C16H11ClF4N4O/c1-7-2-3-8(17)4-9(7)23-16(26)11-6-13-22-10(14(18)19)5-12(15(20)21)25(13)24-11/h2-6,14-15H,1H3,(H,23,26). The molecule has 0 radical (unpaired) electrons. The highest BCUT2D eigenvalue weighted by Gasteiger charge is 2.22. The smallest absolute Gasteiger partial charge is 0.280 e. The van der Waals surface area contributed by atoms with Crippen LogP contribution in [0.4, 0.5) is 23.2 Å². The average Bonchev–Trinajstić information content (AvgIpc) is 3.01. The van der Waals surface area contributed by atoms with Crippen molar-refractivity contribution in [3.05, 3.63) is 58.0 Å². The zero-order valence-electron chi connectivity index (χ0n) is 13.2. The zero-order chi connectivity index (χ0) is 19.0. The summed E-state index contributed by atoms with van der Waals surface area (Å²) in [5, 5.41) is 6.71. The van der Waals surface area contributed by atoms with E-state index in [0.717, 1.165) is 11.6 Å². The van der Waals surface area contributed by atoms with Crippen LogP contribution in [0.15, 0.2) is 30.3 Å². The highest BCUT2D eigenvalue weighted by atomic mass is 35.5. The number of rotatable bonds is 4. The van der Waals surface area contributed by atoms with Gasteiger partial charge in [-0.05, 0) is 30.7 Å². The van der Waals surface area contributed by atoms with Gasteiger partial charge < -0.3 is 5.32 Å². The molecule has 0 saturated heterocycles. The lowest BCUT2D eigenvalue weighted by Gasteiger charge is -2.07. The largest absolute Gasteiger partial charge is 0.320 e. The number of halogens is 5. The first-order chi connectivity index (χ1) is 12.3. The van der Waals surface area contributed by atoms with E-state index in [4.69, 9.17) is 11.6 Å². The fraction of sp³-hybridized carbons (Fsp3) is 0.188. The lowest BCUT2D eigenvalue weighted by atomic mass is 10.2. The number of carbonyl (C=O) groups excluding carboxylic acids is 1. The first-order valence-electron chi connectivity index (χ1n) is 7.30. The molecule has 2 aromatic heterocycles. The van der Waals surface area contributed by atoms with E-state index in [1.807, 2.05) is 0 Å². The normalized spacial score (nSPS) is 11.5. The summed E-state index contributed by atoms with van der Waals surface area (Å²) in [5.41, 5.74) is -0.974. The van der Waals surface area contributed by atoms with E-state index in [1.54, 1.807) is 19.1 Å². The van der Waals surface area contributed by atoms with Crippen molar-refractivity contribution in [2.24, 2.45) is 0 Å². The summed E-state index contributed by atoms with van der Waals surface area (Å²) in [6.45, 7) is 1.74. The number of carbonyl (C=O) groups is 1. The van der Waals surface area contributed by atoms with Gasteiger partial charge in [0.1, 0.15) is 11.4 Å². The van der Waals surface area contributed by atoms with Gasteiger partial charge in [0.15, 0.2) is 11.3 Å². The molecule has 1 N–H and O–H groups in total. The zero-order valence-corrected chi connectivity index (χ0v) is 13.9. The Balaban J connectivity index is 2.01. The maximum absolute atomic E-state index is 13.1. The summed E-state index contributed by atoms with van der Waals surface area (Å²) in [6, 6.07) is 6.47. The van der Waals surface area contributed by atoms with E-state index in [1.165, 1.54) is 6.07 Å². The first-order valence-corrected chi connectivity index (χ1v) is 7.68. The number of benzene rings is 1. The predicted octanol–water partition coefficient (Wildman–Crippen LogP) is 4.82. The van der Waals surface area contributed by atoms with Crippen molar-refractivity contribution in [3.63, 3.8) is 0 Å². The van der Waals surface area contributed by atoms with Crippen LogP contribution in [0.5, 0.6) is 0 Å². The highest BCUT2D eigenvalue weighted by molar-refractivity contribution is 6.31. The topological polar surface area (TPSA) is 59.3 Å². The Morgan fingerprint density at radius 2 is 1.88 bits per heavy atom. The molecule has 1 aromatic carbocycles. The SMILES string of the molecule is Cc1ccc(Cl)cc1NC(=O)c1cc2nc(C(F)F)cc(C(F)F)n2n1. The minimum absolute atomic E-state index is 0.245. The van der Waals surface area contributed by atoms with Crippen molar-refractivity contribution < 1.29 is 22.4 Å². The van der Waals surface area contributed by atoms with E-state index in [2.05, 4.69) is 15.4 Å². The molecular formula is C16H11ClF4N4O. The Hall–Kier alpha value is -2.68. The van der Waals surface area contributed by atoms with Gasteiger partial charge in [-0.25, -0.2) is 27.1 Å². The van der Waals surface area contributed by atoms with Crippen LogP contribution >= 0.6 is 11.6 Å². The number of nitrogens with zero attached hydrogens (tertiary/aromatic N) is 3. The third-order valence-corrected chi connectivity index (χ3v) is 3.84. The molecule has 0 unspecified atom stereocenters. The van der Waals surface area contributed by atoms with Gasteiger partial charge in [-0.3, -0.25) is 4.79 Å². The van der Waals surface area contributed by atoms with Gasteiger partial charge in [-0.1, -0.05) is 17.7 Å². The van der Waals surface area contributed by atoms with E-state index in [-0.39, 0.29) is 11.3 Å². The summed E-state index contributed by atoms with van der Waals surface area (Å²) in [7, 11) is 0. The summed E-state index contributed by atoms with van der Waals surface area (Å²) >= 11 is 5.88.